The summed E-state index contributed by atoms with van der Waals surface area (Å²) < 4.78 is 2.00. The fraction of sp³-hybridized carbons (Fsp3) is 0.211. The van der Waals surface area contributed by atoms with Gasteiger partial charge >= 0.3 is 0 Å². The maximum absolute atomic E-state index is 12.3. The summed E-state index contributed by atoms with van der Waals surface area (Å²) in [7, 11) is 0. The normalized spacial score (nSPS) is 10.8. The Morgan fingerprint density at radius 2 is 1.75 bits per heavy atom. The summed E-state index contributed by atoms with van der Waals surface area (Å²) in [6.45, 7) is 6.10. The van der Waals surface area contributed by atoms with Crippen molar-refractivity contribution >= 4 is 17.5 Å². The molecule has 1 heterocycles. The van der Waals surface area contributed by atoms with Crippen LogP contribution < -0.4 is 0 Å². The van der Waals surface area contributed by atoms with Crippen LogP contribution in [0.25, 0.3) is 5.69 Å². The van der Waals surface area contributed by atoms with Gasteiger partial charge in [0.15, 0.2) is 10.9 Å². The third kappa shape index (κ3) is 3.41. The first-order valence-electron chi connectivity index (χ1n) is 7.77. The molecule has 24 heavy (non-hydrogen) atoms. The molecule has 0 N–H and O–H groups in total. The zero-order chi connectivity index (χ0) is 17.1. The maximum Gasteiger partial charge on any atom is 0.196 e. The minimum Gasteiger partial charge on any atom is -0.293 e. The largest absolute Gasteiger partial charge is 0.293 e. The predicted molar refractivity (Wildman–Crippen MR) is 97.1 cm³/mol. The topological polar surface area (TPSA) is 47.8 Å². The quantitative estimate of drug-likeness (QED) is 0.518. The number of hydrogen-bond donors (Lipinski definition) is 0. The second-order valence-electron chi connectivity index (χ2n) is 5.71. The summed E-state index contributed by atoms with van der Waals surface area (Å²) in [5.41, 5.74) is 4.21. The average Bonchev–Trinajstić information content (AvgIpc) is 2.96. The molecule has 122 valence electrons. The van der Waals surface area contributed by atoms with Crippen LogP contribution in [0.3, 0.4) is 0 Å². The average molecular weight is 337 g/mol. The van der Waals surface area contributed by atoms with E-state index in [1.807, 2.05) is 41.8 Å². The molecule has 0 atom stereocenters. The molecule has 5 heteroatoms. The lowest BCUT2D eigenvalue weighted by atomic mass is 10.1. The third-order valence-electron chi connectivity index (χ3n) is 3.97. The number of hydrogen-bond acceptors (Lipinski definition) is 4. The molecule has 0 amide bonds. The van der Waals surface area contributed by atoms with E-state index in [4.69, 9.17) is 0 Å². The van der Waals surface area contributed by atoms with Crippen molar-refractivity contribution in [3.63, 3.8) is 0 Å². The molecule has 0 bridgehead atoms. The number of aryl methyl sites for hydroxylation is 3. The van der Waals surface area contributed by atoms with Gasteiger partial charge in [-0.25, -0.2) is 0 Å². The second-order valence-corrected chi connectivity index (χ2v) is 6.65. The van der Waals surface area contributed by atoms with Crippen molar-refractivity contribution in [2.24, 2.45) is 0 Å². The Morgan fingerprint density at radius 1 is 1.00 bits per heavy atom. The Hall–Kier alpha value is -2.40. The van der Waals surface area contributed by atoms with Gasteiger partial charge in [0.05, 0.1) is 5.75 Å². The van der Waals surface area contributed by atoms with Crippen LogP contribution in [0.15, 0.2) is 53.7 Å². The highest BCUT2D eigenvalue weighted by molar-refractivity contribution is 7.99. The van der Waals surface area contributed by atoms with E-state index >= 15 is 0 Å². The molecule has 0 radical (unpaired) electrons. The standard InChI is InChI=1S/C19H19N3OS/c1-13-9-10-17(11-14(13)2)22-15(3)20-21-19(22)24-12-18(23)16-7-5-4-6-8-16/h4-11H,12H2,1-3H3. The van der Waals surface area contributed by atoms with Crippen LogP contribution in [-0.2, 0) is 0 Å². The minimum atomic E-state index is 0.0906. The Kier molecular flexibility index (Phi) is 4.81. The maximum atomic E-state index is 12.3. The lowest BCUT2D eigenvalue weighted by Gasteiger charge is -2.10. The van der Waals surface area contributed by atoms with Gasteiger partial charge in [-0.15, -0.1) is 10.2 Å². The molecule has 0 aliphatic heterocycles. The summed E-state index contributed by atoms with van der Waals surface area (Å²) in [6.07, 6.45) is 0. The Morgan fingerprint density at radius 3 is 2.46 bits per heavy atom. The van der Waals surface area contributed by atoms with E-state index in [2.05, 4.69) is 42.2 Å². The van der Waals surface area contributed by atoms with Crippen LogP contribution in [0.2, 0.25) is 0 Å². The van der Waals surface area contributed by atoms with Gasteiger partial charge in [-0.3, -0.25) is 9.36 Å². The van der Waals surface area contributed by atoms with Gasteiger partial charge in [0.2, 0.25) is 0 Å². The van der Waals surface area contributed by atoms with Gasteiger partial charge in [-0.1, -0.05) is 48.2 Å². The molecule has 3 rings (SSSR count). The van der Waals surface area contributed by atoms with Crippen molar-refractivity contribution in [1.82, 2.24) is 14.8 Å². The first-order valence-corrected chi connectivity index (χ1v) is 8.75. The summed E-state index contributed by atoms with van der Waals surface area (Å²) in [5.74, 6) is 1.24. The molecule has 1 aromatic heterocycles. The van der Waals surface area contributed by atoms with E-state index in [9.17, 15) is 4.79 Å². The summed E-state index contributed by atoms with van der Waals surface area (Å²) in [4.78, 5) is 12.3. The number of rotatable bonds is 5. The first-order chi connectivity index (χ1) is 11.6. The van der Waals surface area contributed by atoms with Gasteiger partial charge < -0.3 is 0 Å². The number of ketones is 1. The number of benzene rings is 2. The highest BCUT2D eigenvalue weighted by Gasteiger charge is 2.14. The number of aromatic nitrogens is 3. The molecule has 0 saturated carbocycles. The number of carbonyl (C=O) groups excluding carboxylic acids is 1. The molecular formula is C19H19N3OS. The van der Waals surface area contributed by atoms with Crippen molar-refractivity contribution in [1.29, 1.82) is 0 Å². The molecule has 0 aliphatic carbocycles. The van der Waals surface area contributed by atoms with Crippen LogP contribution >= 0.6 is 11.8 Å². The first kappa shape index (κ1) is 16.5. The fourth-order valence-electron chi connectivity index (χ4n) is 2.44. The van der Waals surface area contributed by atoms with E-state index in [-0.39, 0.29) is 5.78 Å². The highest BCUT2D eigenvalue weighted by atomic mass is 32.2. The smallest absolute Gasteiger partial charge is 0.196 e. The highest BCUT2D eigenvalue weighted by Crippen LogP contribution is 2.24. The van der Waals surface area contributed by atoms with Gasteiger partial charge in [0, 0.05) is 11.3 Å². The lowest BCUT2D eigenvalue weighted by molar-refractivity contribution is 0.102. The molecule has 0 saturated heterocycles. The molecule has 0 aliphatic rings. The van der Waals surface area contributed by atoms with Crippen molar-refractivity contribution in [3.05, 3.63) is 71.0 Å². The van der Waals surface area contributed by atoms with Crippen LogP contribution in [0.1, 0.15) is 27.3 Å². The van der Waals surface area contributed by atoms with Crippen molar-refractivity contribution in [3.8, 4) is 5.69 Å². The minimum absolute atomic E-state index is 0.0906. The van der Waals surface area contributed by atoms with Crippen molar-refractivity contribution in [2.45, 2.75) is 25.9 Å². The Balaban J connectivity index is 1.83. The molecule has 0 unspecified atom stereocenters. The Bertz CT molecular complexity index is 872. The van der Waals surface area contributed by atoms with E-state index in [0.29, 0.717) is 5.75 Å². The monoisotopic (exact) mass is 337 g/mol. The lowest BCUT2D eigenvalue weighted by Crippen LogP contribution is -2.05. The number of carbonyl (C=O) groups is 1. The van der Waals surface area contributed by atoms with Gasteiger partial charge in [-0.2, -0.15) is 0 Å². The van der Waals surface area contributed by atoms with Crippen molar-refractivity contribution < 1.29 is 4.79 Å². The van der Waals surface area contributed by atoms with Crippen molar-refractivity contribution in [2.75, 3.05) is 5.75 Å². The summed E-state index contributed by atoms with van der Waals surface area (Å²) in [6, 6.07) is 15.6. The number of nitrogens with zero attached hydrogens (tertiary/aromatic N) is 3. The van der Waals surface area contributed by atoms with Crippen LogP contribution in [0.4, 0.5) is 0 Å². The summed E-state index contributed by atoms with van der Waals surface area (Å²) in [5, 5.41) is 9.15. The van der Waals surface area contributed by atoms with E-state index in [0.717, 1.165) is 22.2 Å². The molecule has 3 aromatic rings. The fourth-order valence-corrected chi connectivity index (χ4v) is 3.33. The van der Waals surface area contributed by atoms with E-state index in [1.54, 1.807) is 0 Å². The molecule has 4 nitrogen and oxygen atoms in total. The van der Waals surface area contributed by atoms with Gasteiger partial charge in [0.25, 0.3) is 0 Å². The van der Waals surface area contributed by atoms with Crippen LogP contribution in [0.5, 0.6) is 0 Å². The zero-order valence-corrected chi connectivity index (χ0v) is 14.8. The van der Waals surface area contributed by atoms with Gasteiger partial charge in [0.1, 0.15) is 5.82 Å². The number of thioether (sulfide) groups is 1. The van der Waals surface area contributed by atoms with E-state index in [1.165, 1.54) is 22.9 Å². The second kappa shape index (κ2) is 7.01. The predicted octanol–water partition coefficient (Wildman–Crippen LogP) is 4.17. The van der Waals surface area contributed by atoms with Gasteiger partial charge in [-0.05, 0) is 44.0 Å². The number of Topliss-reactive ketones (excluding diaryl/α,β-unsaturated/α-hetero) is 1. The Labute approximate surface area is 145 Å². The summed E-state index contributed by atoms with van der Waals surface area (Å²) >= 11 is 1.42. The zero-order valence-electron chi connectivity index (χ0n) is 14.0. The molecule has 0 fully saturated rings. The SMILES string of the molecule is Cc1ccc(-n2c(C)nnc2SCC(=O)c2ccccc2)cc1C. The van der Waals surface area contributed by atoms with E-state index < -0.39 is 0 Å². The molecule has 2 aromatic carbocycles. The van der Waals surface area contributed by atoms with Crippen LogP contribution in [0, 0.1) is 20.8 Å². The molecular weight excluding hydrogens is 318 g/mol. The third-order valence-corrected chi connectivity index (χ3v) is 4.90. The van der Waals surface area contributed by atoms with Crippen LogP contribution in [-0.4, -0.2) is 26.3 Å². The molecule has 0 spiro atoms.